The second-order valence-electron chi connectivity index (χ2n) is 8.36. The van der Waals surface area contributed by atoms with Crippen molar-refractivity contribution in [3.05, 3.63) is 59.9 Å². The number of aliphatic hydroxyl groups excluding tert-OH is 1. The van der Waals surface area contributed by atoms with E-state index in [2.05, 4.69) is 42.7 Å². The Morgan fingerprint density at radius 2 is 1.83 bits per heavy atom. The minimum atomic E-state index is -0.585. The summed E-state index contributed by atoms with van der Waals surface area (Å²) in [5.41, 5.74) is 3.33. The summed E-state index contributed by atoms with van der Waals surface area (Å²) >= 11 is 0. The van der Waals surface area contributed by atoms with Gasteiger partial charge in [0.2, 0.25) is 0 Å². The quantitative estimate of drug-likeness (QED) is 0.539. The lowest BCUT2D eigenvalue weighted by Gasteiger charge is -2.20. The zero-order chi connectivity index (χ0) is 20.2. The van der Waals surface area contributed by atoms with Crippen LogP contribution >= 0.6 is 0 Å². The SMILES string of the molecule is CCC(C)c1ccccc1OCC(O)Cn1c(C2CCCC2)nc2ccccc21. The van der Waals surface area contributed by atoms with Crippen molar-refractivity contribution in [2.75, 3.05) is 6.61 Å². The van der Waals surface area contributed by atoms with Crippen molar-refractivity contribution in [2.45, 2.75) is 70.4 Å². The molecule has 154 valence electrons. The first-order valence-corrected chi connectivity index (χ1v) is 11.0. The van der Waals surface area contributed by atoms with Crippen LogP contribution in [0, 0.1) is 0 Å². The molecule has 0 aliphatic heterocycles. The van der Waals surface area contributed by atoms with E-state index in [4.69, 9.17) is 9.72 Å². The third-order valence-corrected chi connectivity index (χ3v) is 6.29. The van der Waals surface area contributed by atoms with Gasteiger partial charge in [0.05, 0.1) is 17.6 Å². The summed E-state index contributed by atoms with van der Waals surface area (Å²) in [6.07, 6.45) is 5.40. The van der Waals surface area contributed by atoms with Gasteiger partial charge in [0.25, 0.3) is 0 Å². The van der Waals surface area contributed by atoms with Crippen molar-refractivity contribution < 1.29 is 9.84 Å². The Morgan fingerprint density at radius 1 is 1.10 bits per heavy atom. The van der Waals surface area contributed by atoms with Crippen molar-refractivity contribution >= 4 is 11.0 Å². The first kappa shape index (κ1) is 20.0. The Labute approximate surface area is 173 Å². The summed E-state index contributed by atoms with van der Waals surface area (Å²) < 4.78 is 8.29. The van der Waals surface area contributed by atoms with Gasteiger partial charge in [0, 0.05) is 5.92 Å². The lowest BCUT2D eigenvalue weighted by Crippen LogP contribution is -2.25. The van der Waals surface area contributed by atoms with Crippen LogP contribution in [-0.2, 0) is 6.54 Å². The molecule has 1 saturated carbocycles. The summed E-state index contributed by atoms with van der Waals surface area (Å²) in [5.74, 6) is 2.95. The van der Waals surface area contributed by atoms with E-state index in [1.807, 2.05) is 24.3 Å². The number of hydrogen-bond acceptors (Lipinski definition) is 3. The molecule has 2 atom stereocenters. The van der Waals surface area contributed by atoms with Gasteiger partial charge in [-0.05, 0) is 48.9 Å². The average molecular weight is 393 g/mol. The number of benzene rings is 2. The van der Waals surface area contributed by atoms with Crippen molar-refractivity contribution in [2.24, 2.45) is 0 Å². The molecule has 4 nitrogen and oxygen atoms in total. The number of aliphatic hydroxyl groups is 1. The molecule has 2 aromatic carbocycles. The molecule has 4 rings (SSSR count). The molecule has 0 spiro atoms. The summed E-state index contributed by atoms with van der Waals surface area (Å²) in [5, 5.41) is 10.8. The zero-order valence-electron chi connectivity index (χ0n) is 17.6. The molecule has 1 heterocycles. The minimum Gasteiger partial charge on any atom is -0.491 e. The van der Waals surface area contributed by atoms with Gasteiger partial charge in [0.15, 0.2) is 0 Å². The molecule has 2 unspecified atom stereocenters. The second kappa shape index (κ2) is 9.00. The summed E-state index contributed by atoms with van der Waals surface area (Å²) in [6, 6.07) is 16.4. The van der Waals surface area contributed by atoms with Crippen LogP contribution in [0.2, 0.25) is 0 Å². The Hall–Kier alpha value is -2.33. The fourth-order valence-corrected chi connectivity index (χ4v) is 4.47. The van der Waals surface area contributed by atoms with E-state index in [9.17, 15) is 5.11 Å². The highest BCUT2D eigenvalue weighted by Crippen LogP contribution is 2.35. The number of aromatic nitrogens is 2. The molecule has 0 bridgehead atoms. The molecule has 1 aromatic heterocycles. The van der Waals surface area contributed by atoms with Crippen molar-refractivity contribution in [3.8, 4) is 5.75 Å². The number of fused-ring (bicyclic) bond motifs is 1. The molecule has 1 aliphatic rings. The molecule has 0 saturated heterocycles. The summed E-state index contributed by atoms with van der Waals surface area (Å²) in [4.78, 5) is 4.93. The third-order valence-electron chi connectivity index (χ3n) is 6.29. The predicted octanol–water partition coefficient (Wildman–Crippen LogP) is 5.65. The van der Waals surface area contributed by atoms with Crippen LogP contribution in [0.1, 0.15) is 69.2 Å². The van der Waals surface area contributed by atoms with Gasteiger partial charge >= 0.3 is 0 Å². The van der Waals surface area contributed by atoms with Crippen LogP contribution in [-0.4, -0.2) is 27.4 Å². The normalized spacial score (nSPS) is 16.9. The van der Waals surface area contributed by atoms with Gasteiger partial charge in [-0.15, -0.1) is 0 Å². The highest BCUT2D eigenvalue weighted by atomic mass is 16.5. The molecule has 1 N–H and O–H groups in total. The topological polar surface area (TPSA) is 47.3 Å². The fraction of sp³-hybridized carbons (Fsp3) is 0.480. The lowest BCUT2D eigenvalue weighted by molar-refractivity contribution is 0.0918. The predicted molar refractivity (Wildman–Crippen MR) is 118 cm³/mol. The molecular weight excluding hydrogens is 360 g/mol. The lowest BCUT2D eigenvalue weighted by atomic mass is 9.98. The van der Waals surface area contributed by atoms with E-state index < -0.39 is 6.10 Å². The monoisotopic (exact) mass is 392 g/mol. The highest BCUT2D eigenvalue weighted by molar-refractivity contribution is 5.76. The van der Waals surface area contributed by atoms with Crippen LogP contribution in [0.4, 0.5) is 0 Å². The maximum Gasteiger partial charge on any atom is 0.122 e. The van der Waals surface area contributed by atoms with E-state index in [1.165, 1.54) is 31.2 Å². The number of hydrogen-bond donors (Lipinski definition) is 1. The van der Waals surface area contributed by atoms with Crippen LogP contribution in [0.5, 0.6) is 5.75 Å². The van der Waals surface area contributed by atoms with Crippen LogP contribution < -0.4 is 4.74 Å². The van der Waals surface area contributed by atoms with E-state index in [1.54, 1.807) is 0 Å². The van der Waals surface area contributed by atoms with Crippen LogP contribution in [0.25, 0.3) is 11.0 Å². The first-order valence-electron chi connectivity index (χ1n) is 11.0. The number of para-hydroxylation sites is 3. The standard InChI is InChI=1S/C25H32N2O2/c1-3-18(2)21-12-6-9-15-24(21)29-17-20(28)16-27-23-14-8-7-13-22(23)26-25(27)19-10-4-5-11-19/h6-9,12-15,18-20,28H,3-5,10-11,16-17H2,1-2H3. The smallest absolute Gasteiger partial charge is 0.122 e. The van der Waals surface area contributed by atoms with Gasteiger partial charge in [-0.25, -0.2) is 4.98 Å². The number of rotatable bonds is 8. The van der Waals surface area contributed by atoms with Gasteiger partial charge in [-0.1, -0.05) is 57.0 Å². The first-order chi connectivity index (χ1) is 14.2. The van der Waals surface area contributed by atoms with Gasteiger partial charge in [0.1, 0.15) is 24.3 Å². The molecule has 1 fully saturated rings. The van der Waals surface area contributed by atoms with Gasteiger partial charge in [-0.3, -0.25) is 0 Å². The second-order valence-corrected chi connectivity index (χ2v) is 8.36. The maximum atomic E-state index is 10.8. The average Bonchev–Trinajstić information content (AvgIpc) is 3.40. The minimum absolute atomic E-state index is 0.282. The maximum absolute atomic E-state index is 10.8. The van der Waals surface area contributed by atoms with Crippen LogP contribution in [0.3, 0.4) is 0 Å². The van der Waals surface area contributed by atoms with E-state index in [0.29, 0.717) is 18.4 Å². The van der Waals surface area contributed by atoms with Crippen molar-refractivity contribution in [3.63, 3.8) is 0 Å². The fourth-order valence-electron chi connectivity index (χ4n) is 4.47. The van der Waals surface area contributed by atoms with E-state index in [0.717, 1.165) is 29.0 Å². The zero-order valence-corrected chi connectivity index (χ0v) is 17.6. The molecule has 29 heavy (non-hydrogen) atoms. The largest absolute Gasteiger partial charge is 0.491 e. The third kappa shape index (κ3) is 4.32. The summed E-state index contributed by atoms with van der Waals surface area (Å²) in [6.45, 7) is 5.19. The highest BCUT2D eigenvalue weighted by Gasteiger charge is 2.24. The number of nitrogens with zero attached hydrogens (tertiary/aromatic N) is 2. The Kier molecular flexibility index (Phi) is 6.19. The number of ether oxygens (including phenoxy) is 1. The molecule has 3 aromatic rings. The van der Waals surface area contributed by atoms with Gasteiger partial charge in [-0.2, -0.15) is 0 Å². The van der Waals surface area contributed by atoms with Crippen molar-refractivity contribution in [1.29, 1.82) is 0 Å². The van der Waals surface area contributed by atoms with E-state index in [-0.39, 0.29) is 6.61 Å². The number of imidazole rings is 1. The van der Waals surface area contributed by atoms with E-state index >= 15 is 0 Å². The molecule has 0 radical (unpaired) electrons. The Bertz CT molecular complexity index is 943. The molecule has 0 amide bonds. The van der Waals surface area contributed by atoms with Gasteiger partial charge < -0.3 is 14.4 Å². The van der Waals surface area contributed by atoms with Crippen LogP contribution in [0.15, 0.2) is 48.5 Å². The Morgan fingerprint density at radius 3 is 2.62 bits per heavy atom. The molecular formula is C25H32N2O2. The van der Waals surface area contributed by atoms with Crippen molar-refractivity contribution in [1.82, 2.24) is 9.55 Å². The summed E-state index contributed by atoms with van der Waals surface area (Å²) in [7, 11) is 0. The Balaban J connectivity index is 1.51. The molecule has 1 aliphatic carbocycles. The molecule has 4 heteroatoms.